The average molecular weight is 1080 g/mol. The van der Waals surface area contributed by atoms with Crippen molar-refractivity contribution in [3.05, 3.63) is 36.5 Å². The number of carbonyl (C=O) groups is 2. The van der Waals surface area contributed by atoms with Crippen molar-refractivity contribution in [2.75, 3.05) is 13.2 Å². The van der Waals surface area contributed by atoms with E-state index in [9.17, 15) is 19.8 Å². The summed E-state index contributed by atoms with van der Waals surface area (Å²) in [6, 6.07) is -0.629. The standard InChI is InChI=1S/C71H135NO5/c1-3-5-7-9-11-13-15-17-19-21-28-31-35-39-43-47-51-55-59-63-69(74)68(67-73)72-70(75)64-60-56-52-48-44-40-36-32-29-26-24-23-25-27-30-34-38-42-46-50-54-58-62-66-77-71(76)65-61-57-53-49-45-41-37-33-22-20-18-16-14-12-10-8-6-4-2/h14,16,20,22,59,63,68-69,73-74H,3-13,15,17-19,21,23-58,60-62,64-67H2,1-2H3,(H,72,75)/b16-14-,22-20-,63-59+. The first-order valence-electron chi connectivity index (χ1n) is 34.8. The van der Waals surface area contributed by atoms with E-state index >= 15 is 0 Å². The van der Waals surface area contributed by atoms with Crippen LogP contribution >= 0.6 is 0 Å². The van der Waals surface area contributed by atoms with E-state index in [1.165, 1.54) is 302 Å². The molecule has 0 aromatic carbocycles. The van der Waals surface area contributed by atoms with Gasteiger partial charge >= 0.3 is 5.97 Å². The van der Waals surface area contributed by atoms with Crippen molar-refractivity contribution < 1.29 is 24.5 Å². The number of unbranched alkanes of at least 4 members (excludes halogenated alkanes) is 50. The van der Waals surface area contributed by atoms with Gasteiger partial charge in [0.1, 0.15) is 0 Å². The van der Waals surface area contributed by atoms with Crippen molar-refractivity contribution in [3.63, 3.8) is 0 Å². The lowest BCUT2D eigenvalue weighted by Gasteiger charge is -2.20. The summed E-state index contributed by atoms with van der Waals surface area (Å²) in [5, 5.41) is 23.2. The number of hydrogen-bond acceptors (Lipinski definition) is 5. The van der Waals surface area contributed by atoms with Crippen molar-refractivity contribution >= 4 is 11.9 Å². The summed E-state index contributed by atoms with van der Waals surface area (Å²) >= 11 is 0. The molecule has 0 aliphatic heterocycles. The fourth-order valence-electron chi connectivity index (χ4n) is 10.8. The van der Waals surface area contributed by atoms with Crippen LogP contribution in [0, 0.1) is 0 Å². The highest BCUT2D eigenvalue weighted by Crippen LogP contribution is 2.18. The zero-order valence-corrected chi connectivity index (χ0v) is 52.0. The van der Waals surface area contributed by atoms with Gasteiger partial charge in [-0.05, 0) is 64.2 Å². The van der Waals surface area contributed by atoms with Crippen molar-refractivity contribution in [2.45, 2.75) is 392 Å². The molecule has 454 valence electrons. The molecule has 0 saturated heterocycles. The normalized spacial score (nSPS) is 12.7. The fraction of sp³-hybridized carbons (Fsp3) is 0.887. The maximum absolute atomic E-state index is 12.5. The zero-order valence-electron chi connectivity index (χ0n) is 52.0. The first-order chi connectivity index (χ1) is 38.0. The molecule has 0 saturated carbocycles. The summed E-state index contributed by atoms with van der Waals surface area (Å²) in [7, 11) is 0. The van der Waals surface area contributed by atoms with E-state index in [2.05, 4.69) is 43.5 Å². The molecule has 0 rings (SSSR count). The van der Waals surface area contributed by atoms with Gasteiger partial charge in [0.2, 0.25) is 5.91 Å². The summed E-state index contributed by atoms with van der Waals surface area (Å²) in [5.41, 5.74) is 0. The quantitative estimate of drug-likeness (QED) is 0.0320. The maximum atomic E-state index is 12.5. The van der Waals surface area contributed by atoms with Gasteiger partial charge in [-0.2, -0.15) is 0 Å². The minimum absolute atomic E-state index is 0.00707. The molecule has 0 aromatic heterocycles. The van der Waals surface area contributed by atoms with Gasteiger partial charge in [-0.1, -0.05) is 339 Å². The molecule has 3 N–H and O–H groups in total. The molecule has 0 spiro atoms. The second-order valence-electron chi connectivity index (χ2n) is 23.9. The number of aliphatic hydroxyl groups is 2. The van der Waals surface area contributed by atoms with Crippen LogP contribution in [-0.4, -0.2) is 47.4 Å². The van der Waals surface area contributed by atoms with Gasteiger partial charge in [0.05, 0.1) is 25.4 Å². The number of carbonyl (C=O) groups excluding carboxylic acids is 2. The maximum Gasteiger partial charge on any atom is 0.305 e. The van der Waals surface area contributed by atoms with Crippen LogP contribution in [0.15, 0.2) is 36.5 Å². The highest BCUT2D eigenvalue weighted by Gasteiger charge is 2.18. The summed E-state index contributed by atoms with van der Waals surface area (Å²) in [5.74, 6) is -0.0574. The SMILES string of the molecule is CCCCCC/C=C\C/C=C\CCCCCCCCCC(=O)OCCCCCCCCCCCCCCCCCCCCCCCCCC(=O)NC(CO)C(O)/C=C/CCCCCCCCCCCCCCCCCCC. The van der Waals surface area contributed by atoms with Crippen LogP contribution in [0.3, 0.4) is 0 Å². The molecule has 0 aliphatic carbocycles. The lowest BCUT2D eigenvalue weighted by atomic mass is 10.0. The Morgan fingerprint density at radius 2 is 0.649 bits per heavy atom. The van der Waals surface area contributed by atoms with Crippen LogP contribution in [-0.2, 0) is 14.3 Å². The van der Waals surface area contributed by atoms with E-state index in [0.717, 1.165) is 51.4 Å². The van der Waals surface area contributed by atoms with Crippen molar-refractivity contribution in [2.24, 2.45) is 0 Å². The number of ether oxygens (including phenoxy) is 1. The minimum Gasteiger partial charge on any atom is -0.466 e. The van der Waals surface area contributed by atoms with Gasteiger partial charge in [-0.25, -0.2) is 0 Å². The molecule has 2 unspecified atom stereocenters. The van der Waals surface area contributed by atoms with Crippen molar-refractivity contribution in [1.82, 2.24) is 5.32 Å². The summed E-state index contributed by atoms with van der Waals surface area (Å²) in [6.45, 7) is 4.91. The monoisotopic (exact) mass is 1080 g/mol. The van der Waals surface area contributed by atoms with Crippen LogP contribution in [0.2, 0.25) is 0 Å². The minimum atomic E-state index is -0.845. The topological polar surface area (TPSA) is 95.9 Å². The number of esters is 1. The number of aliphatic hydroxyl groups excluding tert-OH is 2. The molecular formula is C71H135NO5. The molecule has 6 heteroatoms. The van der Waals surface area contributed by atoms with Crippen LogP contribution in [0.5, 0.6) is 0 Å². The predicted octanol–water partition coefficient (Wildman–Crippen LogP) is 22.3. The van der Waals surface area contributed by atoms with Crippen LogP contribution in [0.4, 0.5) is 0 Å². The third-order valence-corrected chi connectivity index (χ3v) is 16.2. The lowest BCUT2D eigenvalue weighted by Crippen LogP contribution is -2.45. The molecule has 0 fully saturated rings. The van der Waals surface area contributed by atoms with Crippen LogP contribution < -0.4 is 5.32 Å². The van der Waals surface area contributed by atoms with Gasteiger partial charge in [-0.15, -0.1) is 0 Å². The Bertz CT molecular complexity index is 1250. The Labute approximate surface area is 481 Å². The zero-order chi connectivity index (χ0) is 55.7. The number of allylic oxidation sites excluding steroid dienone is 5. The highest BCUT2D eigenvalue weighted by molar-refractivity contribution is 5.76. The first-order valence-corrected chi connectivity index (χ1v) is 34.8. The average Bonchev–Trinajstić information content (AvgIpc) is 3.43. The molecule has 0 aliphatic rings. The van der Waals surface area contributed by atoms with Crippen molar-refractivity contribution in [3.8, 4) is 0 Å². The predicted molar refractivity (Wildman–Crippen MR) is 338 cm³/mol. The summed E-state index contributed by atoms with van der Waals surface area (Å²) in [4.78, 5) is 24.6. The van der Waals surface area contributed by atoms with E-state index < -0.39 is 12.1 Å². The van der Waals surface area contributed by atoms with E-state index in [-0.39, 0.29) is 18.5 Å². The molecule has 0 aromatic rings. The third-order valence-electron chi connectivity index (χ3n) is 16.2. The van der Waals surface area contributed by atoms with Crippen LogP contribution in [0.1, 0.15) is 380 Å². The fourth-order valence-corrected chi connectivity index (χ4v) is 10.8. The highest BCUT2D eigenvalue weighted by atomic mass is 16.5. The number of nitrogens with one attached hydrogen (secondary N) is 1. The first kappa shape index (κ1) is 75.1. The Morgan fingerprint density at radius 3 is 1.00 bits per heavy atom. The van der Waals surface area contributed by atoms with Crippen molar-refractivity contribution in [1.29, 1.82) is 0 Å². The lowest BCUT2D eigenvalue weighted by molar-refractivity contribution is -0.143. The molecule has 0 bridgehead atoms. The van der Waals surface area contributed by atoms with E-state index in [0.29, 0.717) is 19.4 Å². The molecule has 6 nitrogen and oxygen atoms in total. The summed E-state index contributed by atoms with van der Waals surface area (Å²) < 4.78 is 5.50. The van der Waals surface area contributed by atoms with E-state index in [4.69, 9.17) is 4.74 Å². The largest absolute Gasteiger partial charge is 0.466 e. The number of rotatable bonds is 65. The van der Waals surface area contributed by atoms with Crippen LogP contribution in [0.25, 0.3) is 0 Å². The molecule has 77 heavy (non-hydrogen) atoms. The number of amides is 1. The Balaban J connectivity index is 3.39. The second kappa shape index (κ2) is 66.6. The Kier molecular flexibility index (Phi) is 64.9. The Morgan fingerprint density at radius 1 is 0.364 bits per heavy atom. The van der Waals surface area contributed by atoms with Gasteiger partial charge in [-0.3, -0.25) is 9.59 Å². The molecule has 0 heterocycles. The Hall–Kier alpha value is -1.92. The van der Waals surface area contributed by atoms with E-state index in [1.54, 1.807) is 6.08 Å². The number of hydrogen-bond donors (Lipinski definition) is 3. The molecule has 1 amide bonds. The second-order valence-corrected chi connectivity index (χ2v) is 23.9. The molecular weight excluding hydrogens is 947 g/mol. The summed E-state index contributed by atoms with van der Waals surface area (Å²) in [6.07, 6.45) is 84.9. The molecule has 2 atom stereocenters. The van der Waals surface area contributed by atoms with Gasteiger partial charge in [0.15, 0.2) is 0 Å². The van der Waals surface area contributed by atoms with Gasteiger partial charge in [0.25, 0.3) is 0 Å². The van der Waals surface area contributed by atoms with Gasteiger partial charge in [0, 0.05) is 12.8 Å². The van der Waals surface area contributed by atoms with Gasteiger partial charge < -0.3 is 20.3 Å². The molecule has 0 radical (unpaired) electrons. The van der Waals surface area contributed by atoms with E-state index in [1.807, 2.05) is 6.08 Å². The smallest absolute Gasteiger partial charge is 0.305 e. The third kappa shape index (κ3) is 63.1.